The average molecular weight is 379 g/mol. The number of benzene rings is 1. The van der Waals surface area contributed by atoms with Gasteiger partial charge in [-0.15, -0.1) is 11.3 Å². The van der Waals surface area contributed by atoms with Gasteiger partial charge in [-0.2, -0.15) is 5.10 Å². The highest BCUT2D eigenvalue weighted by Crippen LogP contribution is 2.16. The van der Waals surface area contributed by atoms with Crippen LogP contribution in [-0.2, 0) is 24.4 Å². The van der Waals surface area contributed by atoms with E-state index in [0.29, 0.717) is 24.0 Å². The molecule has 0 radical (unpaired) electrons. The Morgan fingerprint density at radius 2 is 2.00 bits per heavy atom. The Kier molecular flexibility index (Phi) is 4.84. The highest BCUT2D eigenvalue weighted by Gasteiger charge is 2.18. The molecule has 0 saturated heterocycles. The summed E-state index contributed by atoms with van der Waals surface area (Å²) in [4.78, 5) is 27.9. The molecule has 0 aliphatic rings. The number of carbonyl (C=O) groups excluding carboxylic acids is 1. The van der Waals surface area contributed by atoms with Crippen LogP contribution in [0.15, 0.2) is 75.6 Å². The highest BCUT2D eigenvalue weighted by molar-refractivity contribution is 7.09. The summed E-state index contributed by atoms with van der Waals surface area (Å²) in [6.07, 6.45) is 2.85. The molecule has 7 heteroatoms. The second kappa shape index (κ2) is 7.59. The fourth-order valence-corrected chi connectivity index (χ4v) is 3.65. The third-order valence-corrected chi connectivity index (χ3v) is 5.11. The van der Waals surface area contributed by atoms with E-state index in [1.165, 1.54) is 6.20 Å². The van der Waals surface area contributed by atoms with E-state index in [0.717, 1.165) is 10.6 Å². The van der Waals surface area contributed by atoms with Crippen LogP contribution in [0.3, 0.4) is 0 Å². The zero-order valence-corrected chi connectivity index (χ0v) is 15.3. The lowest BCUT2D eigenvalue weighted by molar-refractivity contribution is -0.133. The smallest absolute Gasteiger partial charge is 0.245 e. The maximum Gasteiger partial charge on any atom is 0.245 e. The number of hydrogen-bond donors (Lipinski definition) is 0. The molecule has 0 bridgehead atoms. The first kappa shape index (κ1) is 17.2. The molecule has 3 aromatic heterocycles. The van der Waals surface area contributed by atoms with Gasteiger partial charge < -0.3 is 9.32 Å². The van der Waals surface area contributed by atoms with Gasteiger partial charge in [0, 0.05) is 10.3 Å². The van der Waals surface area contributed by atoms with Crippen LogP contribution in [-0.4, -0.2) is 20.6 Å². The van der Waals surface area contributed by atoms with E-state index in [1.807, 2.05) is 29.6 Å². The first-order valence-electron chi connectivity index (χ1n) is 8.48. The van der Waals surface area contributed by atoms with E-state index in [9.17, 15) is 9.59 Å². The number of rotatable bonds is 6. The van der Waals surface area contributed by atoms with Gasteiger partial charge in [0.15, 0.2) is 0 Å². The van der Waals surface area contributed by atoms with E-state index in [4.69, 9.17) is 4.42 Å². The Morgan fingerprint density at radius 3 is 2.78 bits per heavy atom. The summed E-state index contributed by atoms with van der Waals surface area (Å²) in [5.41, 5.74) is 0.493. The topological polar surface area (TPSA) is 68.3 Å². The molecule has 0 spiro atoms. The Labute approximate surface area is 159 Å². The zero-order valence-electron chi connectivity index (χ0n) is 14.4. The molecule has 0 saturated carbocycles. The van der Waals surface area contributed by atoms with Crippen molar-refractivity contribution >= 4 is 28.1 Å². The summed E-state index contributed by atoms with van der Waals surface area (Å²) in [5, 5.41) is 6.70. The standard InChI is InChI=1S/C20H17N3O3S/c24-19-11-21-23(18-8-2-1-7-17(18)19)14-20(25)22(12-15-5-3-9-26-15)13-16-6-4-10-27-16/h1-11H,12-14H2. The lowest BCUT2D eigenvalue weighted by atomic mass is 10.2. The lowest BCUT2D eigenvalue weighted by Gasteiger charge is -2.22. The molecule has 3 heterocycles. The van der Waals surface area contributed by atoms with Gasteiger partial charge in [-0.1, -0.05) is 18.2 Å². The monoisotopic (exact) mass is 379 g/mol. The third kappa shape index (κ3) is 3.83. The van der Waals surface area contributed by atoms with E-state index in [1.54, 1.807) is 51.4 Å². The number of amides is 1. The van der Waals surface area contributed by atoms with Crippen LogP contribution in [0.2, 0.25) is 0 Å². The summed E-state index contributed by atoms with van der Waals surface area (Å²) in [6.45, 7) is 0.921. The van der Waals surface area contributed by atoms with Crippen LogP contribution >= 0.6 is 11.3 Å². The van der Waals surface area contributed by atoms with Gasteiger partial charge in [0.1, 0.15) is 12.3 Å². The van der Waals surface area contributed by atoms with E-state index in [2.05, 4.69) is 5.10 Å². The van der Waals surface area contributed by atoms with Gasteiger partial charge in [-0.05, 0) is 35.7 Å². The van der Waals surface area contributed by atoms with Crippen LogP contribution in [0.25, 0.3) is 10.9 Å². The maximum atomic E-state index is 13.0. The number of furan rings is 1. The van der Waals surface area contributed by atoms with Crippen molar-refractivity contribution < 1.29 is 9.21 Å². The van der Waals surface area contributed by atoms with Gasteiger partial charge in [0.2, 0.25) is 11.3 Å². The predicted molar refractivity (Wildman–Crippen MR) is 103 cm³/mol. The first-order valence-corrected chi connectivity index (χ1v) is 9.36. The molecule has 6 nitrogen and oxygen atoms in total. The number of carbonyl (C=O) groups is 1. The lowest BCUT2D eigenvalue weighted by Crippen LogP contribution is -2.33. The Morgan fingerprint density at radius 1 is 1.11 bits per heavy atom. The largest absolute Gasteiger partial charge is 0.467 e. The molecule has 0 aliphatic carbocycles. The third-order valence-electron chi connectivity index (χ3n) is 4.25. The minimum Gasteiger partial charge on any atom is -0.467 e. The molecule has 0 N–H and O–H groups in total. The summed E-state index contributed by atoms with van der Waals surface area (Å²) < 4.78 is 6.99. The van der Waals surface area contributed by atoms with Crippen molar-refractivity contribution in [3.05, 3.63) is 87.2 Å². The van der Waals surface area contributed by atoms with Crippen LogP contribution in [0.5, 0.6) is 0 Å². The van der Waals surface area contributed by atoms with Gasteiger partial charge in [-0.3, -0.25) is 14.3 Å². The molecule has 4 aromatic rings. The second-order valence-electron chi connectivity index (χ2n) is 6.09. The van der Waals surface area contributed by atoms with Crippen molar-refractivity contribution in [2.75, 3.05) is 0 Å². The Hall–Kier alpha value is -3.19. The Bertz CT molecular complexity index is 1060. The summed E-state index contributed by atoms with van der Waals surface area (Å²) in [6, 6.07) is 14.8. The zero-order chi connectivity index (χ0) is 18.6. The summed E-state index contributed by atoms with van der Waals surface area (Å²) in [5.74, 6) is 0.624. The molecule has 0 atom stereocenters. The molecule has 0 unspecified atom stereocenters. The quantitative estimate of drug-likeness (QED) is 0.516. The van der Waals surface area contributed by atoms with Crippen LogP contribution < -0.4 is 5.43 Å². The average Bonchev–Trinajstić information content (AvgIpc) is 3.38. The van der Waals surface area contributed by atoms with Crippen LogP contribution in [0.4, 0.5) is 0 Å². The van der Waals surface area contributed by atoms with Crippen molar-refractivity contribution in [2.45, 2.75) is 19.6 Å². The number of nitrogens with zero attached hydrogens (tertiary/aromatic N) is 3. The number of thiophene rings is 1. The number of para-hydroxylation sites is 1. The van der Waals surface area contributed by atoms with Crippen molar-refractivity contribution in [1.82, 2.24) is 14.7 Å². The molecule has 27 heavy (non-hydrogen) atoms. The van der Waals surface area contributed by atoms with Crippen molar-refractivity contribution in [3.8, 4) is 0 Å². The van der Waals surface area contributed by atoms with E-state index in [-0.39, 0.29) is 17.9 Å². The molecular formula is C20H17N3O3S. The fraction of sp³-hybridized carbons (Fsp3) is 0.150. The van der Waals surface area contributed by atoms with Gasteiger partial charge in [0.05, 0.1) is 31.1 Å². The van der Waals surface area contributed by atoms with Crippen molar-refractivity contribution in [1.29, 1.82) is 0 Å². The predicted octanol–water partition coefficient (Wildman–Crippen LogP) is 3.28. The molecule has 1 amide bonds. The SMILES string of the molecule is O=C(Cn1ncc(=O)c2ccccc21)N(Cc1ccco1)Cc1cccs1. The normalized spacial score (nSPS) is 11.0. The molecule has 1 aromatic carbocycles. The molecule has 136 valence electrons. The van der Waals surface area contributed by atoms with Gasteiger partial charge in [-0.25, -0.2) is 0 Å². The Balaban J connectivity index is 1.61. The molecule has 4 rings (SSSR count). The summed E-state index contributed by atoms with van der Waals surface area (Å²) in [7, 11) is 0. The van der Waals surface area contributed by atoms with Crippen LogP contribution in [0, 0.1) is 0 Å². The van der Waals surface area contributed by atoms with Gasteiger partial charge >= 0.3 is 0 Å². The van der Waals surface area contributed by atoms with Gasteiger partial charge in [0.25, 0.3) is 0 Å². The molecular weight excluding hydrogens is 362 g/mol. The number of hydrogen-bond acceptors (Lipinski definition) is 5. The first-order chi connectivity index (χ1) is 13.2. The van der Waals surface area contributed by atoms with E-state index < -0.39 is 0 Å². The van der Waals surface area contributed by atoms with Crippen molar-refractivity contribution in [2.24, 2.45) is 0 Å². The number of aromatic nitrogens is 2. The molecule has 0 aliphatic heterocycles. The fourth-order valence-electron chi connectivity index (χ4n) is 2.93. The highest BCUT2D eigenvalue weighted by atomic mass is 32.1. The summed E-state index contributed by atoms with van der Waals surface area (Å²) >= 11 is 1.60. The van der Waals surface area contributed by atoms with E-state index >= 15 is 0 Å². The minimum absolute atomic E-state index is 0.0485. The maximum absolute atomic E-state index is 13.0. The minimum atomic E-state index is -0.152. The van der Waals surface area contributed by atoms with Crippen LogP contribution in [0.1, 0.15) is 10.6 Å². The number of fused-ring (bicyclic) bond motifs is 1. The second-order valence-corrected chi connectivity index (χ2v) is 7.12. The molecule has 0 fully saturated rings. The van der Waals surface area contributed by atoms with Crippen molar-refractivity contribution in [3.63, 3.8) is 0 Å².